The highest BCUT2D eigenvalue weighted by molar-refractivity contribution is 7.16. The van der Waals surface area contributed by atoms with Crippen LogP contribution in [0.2, 0.25) is 5.15 Å². The summed E-state index contributed by atoms with van der Waals surface area (Å²) in [4.78, 5) is 27.4. The first-order valence-electron chi connectivity index (χ1n) is 10.0. The van der Waals surface area contributed by atoms with E-state index in [1.807, 2.05) is 0 Å². The lowest BCUT2D eigenvalue weighted by molar-refractivity contribution is -0.137. The quantitative estimate of drug-likeness (QED) is 0.459. The summed E-state index contributed by atoms with van der Waals surface area (Å²) in [6, 6.07) is 2.61. The fourth-order valence-electron chi connectivity index (χ4n) is 3.63. The van der Waals surface area contributed by atoms with Crippen molar-refractivity contribution in [2.75, 3.05) is 11.9 Å². The molecule has 0 bridgehead atoms. The van der Waals surface area contributed by atoms with Crippen molar-refractivity contribution in [3.8, 4) is 11.3 Å². The summed E-state index contributed by atoms with van der Waals surface area (Å²) in [5.74, 6) is -1.62. The van der Waals surface area contributed by atoms with Crippen molar-refractivity contribution in [2.45, 2.75) is 38.5 Å². The number of carbonyl (C=O) groups is 1. The number of amides is 1. The number of nitrogens with zero attached hydrogens (tertiary/aromatic N) is 4. The van der Waals surface area contributed by atoms with Crippen LogP contribution in [0.5, 0.6) is 0 Å². The number of alkyl halides is 3. The smallest absolute Gasteiger partial charge is 0.296 e. The number of likely N-dealkylation sites (tertiary alicyclic amines) is 1. The summed E-state index contributed by atoms with van der Waals surface area (Å²) in [5, 5.41) is 2.87. The molecular weight excluding hydrogens is 482 g/mol. The van der Waals surface area contributed by atoms with E-state index >= 15 is 0 Å². The molecule has 2 aromatic heterocycles. The third kappa shape index (κ3) is 5.48. The Kier molecular flexibility index (Phi) is 6.64. The molecule has 0 spiro atoms. The number of hydrogen-bond acceptors (Lipinski definition) is 6. The van der Waals surface area contributed by atoms with Gasteiger partial charge >= 0.3 is 6.18 Å². The molecule has 3 heterocycles. The summed E-state index contributed by atoms with van der Waals surface area (Å²) in [6.07, 6.45) is -0.283. The van der Waals surface area contributed by atoms with Crippen LogP contribution in [0.15, 0.2) is 30.6 Å². The van der Waals surface area contributed by atoms with Crippen molar-refractivity contribution in [3.05, 3.63) is 57.7 Å². The zero-order valence-electron chi connectivity index (χ0n) is 17.3. The number of rotatable bonds is 5. The van der Waals surface area contributed by atoms with Crippen LogP contribution < -0.4 is 5.32 Å². The average Bonchev–Trinajstić information content (AvgIpc) is 3.33. The van der Waals surface area contributed by atoms with Gasteiger partial charge in [-0.1, -0.05) is 22.9 Å². The predicted molar refractivity (Wildman–Crippen MR) is 117 cm³/mol. The van der Waals surface area contributed by atoms with Crippen LogP contribution in [0.3, 0.4) is 0 Å². The molecule has 0 saturated carbocycles. The van der Waals surface area contributed by atoms with Gasteiger partial charge in [0.15, 0.2) is 5.13 Å². The molecule has 0 unspecified atom stereocenters. The van der Waals surface area contributed by atoms with Gasteiger partial charge in [-0.2, -0.15) is 13.2 Å². The van der Waals surface area contributed by atoms with Crippen molar-refractivity contribution in [3.63, 3.8) is 0 Å². The molecule has 174 valence electrons. The summed E-state index contributed by atoms with van der Waals surface area (Å²) in [5.41, 5.74) is -0.919. The van der Waals surface area contributed by atoms with Crippen LogP contribution in [-0.2, 0) is 12.7 Å². The first kappa shape index (κ1) is 23.5. The molecule has 1 N–H and O–H groups in total. The van der Waals surface area contributed by atoms with Crippen LogP contribution in [0.4, 0.5) is 22.7 Å². The number of thiazole rings is 1. The molecule has 1 aliphatic rings. The molecule has 3 aromatic rings. The predicted octanol–water partition coefficient (Wildman–Crippen LogP) is 5.65. The number of halogens is 5. The van der Waals surface area contributed by atoms with Gasteiger partial charge in [-0.3, -0.25) is 15.0 Å². The fourth-order valence-corrected chi connectivity index (χ4v) is 4.73. The summed E-state index contributed by atoms with van der Waals surface area (Å²) in [6.45, 7) is 3.32. The van der Waals surface area contributed by atoms with Gasteiger partial charge in [0.1, 0.15) is 16.7 Å². The molecule has 1 aromatic carbocycles. The minimum atomic E-state index is -4.71. The number of anilines is 1. The molecule has 1 amide bonds. The molecule has 0 radical (unpaired) electrons. The zero-order chi connectivity index (χ0) is 23.8. The Labute approximate surface area is 195 Å². The normalized spacial score (nSPS) is 16.8. The summed E-state index contributed by atoms with van der Waals surface area (Å²) >= 11 is 6.81. The van der Waals surface area contributed by atoms with E-state index in [0.717, 1.165) is 42.9 Å². The molecule has 0 aliphatic carbocycles. The molecule has 12 heteroatoms. The minimum Gasteiger partial charge on any atom is -0.296 e. The van der Waals surface area contributed by atoms with E-state index in [9.17, 15) is 22.4 Å². The third-order valence-electron chi connectivity index (χ3n) is 5.31. The van der Waals surface area contributed by atoms with Crippen LogP contribution in [0.1, 0.15) is 40.7 Å². The van der Waals surface area contributed by atoms with Crippen LogP contribution >= 0.6 is 22.9 Å². The second-order valence-electron chi connectivity index (χ2n) is 7.66. The molecule has 1 fully saturated rings. The third-order valence-corrected chi connectivity index (χ3v) is 6.46. The Morgan fingerprint density at radius 2 is 2.06 bits per heavy atom. The Balaban J connectivity index is 1.70. The van der Waals surface area contributed by atoms with Gasteiger partial charge in [0.25, 0.3) is 5.91 Å². The van der Waals surface area contributed by atoms with Crippen molar-refractivity contribution >= 4 is 34.0 Å². The van der Waals surface area contributed by atoms with E-state index in [-0.39, 0.29) is 27.2 Å². The van der Waals surface area contributed by atoms with Gasteiger partial charge in [0.05, 0.1) is 23.7 Å². The van der Waals surface area contributed by atoms with Gasteiger partial charge in [-0.25, -0.2) is 19.3 Å². The maximum atomic E-state index is 14.1. The number of nitrogens with one attached hydrogen (secondary N) is 1. The van der Waals surface area contributed by atoms with Crippen molar-refractivity contribution in [1.82, 2.24) is 19.9 Å². The van der Waals surface area contributed by atoms with Crippen LogP contribution in [-0.4, -0.2) is 38.3 Å². The average molecular weight is 500 g/mol. The Hall–Kier alpha value is -2.63. The topological polar surface area (TPSA) is 71.0 Å². The molecule has 4 rings (SSSR count). The Morgan fingerprint density at radius 3 is 2.70 bits per heavy atom. The minimum absolute atomic E-state index is 0.00372. The fraction of sp³-hybridized carbons (Fsp3) is 0.333. The lowest BCUT2D eigenvalue weighted by Crippen LogP contribution is -2.25. The molecule has 1 atom stereocenters. The maximum absolute atomic E-state index is 14.1. The SMILES string of the molecule is C[C@@H]1CCCN1Cc1sc(NC(=O)c2cnc(Cl)cn2)nc1-c1cc(F)cc(C(F)(F)F)c1. The maximum Gasteiger partial charge on any atom is 0.416 e. The van der Waals surface area contributed by atoms with E-state index in [4.69, 9.17) is 11.6 Å². The van der Waals surface area contributed by atoms with E-state index in [2.05, 4.69) is 32.1 Å². The molecule has 6 nitrogen and oxygen atoms in total. The number of hydrogen-bond donors (Lipinski definition) is 1. The van der Waals surface area contributed by atoms with Gasteiger partial charge in [-0.15, -0.1) is 0 Å². The van der Waals surface area contributed by atoms with Gasteiger partial charge in [0.2, 0.25) is 0 Å². The lowest BCUT2D eigenvalue weighted by atomic mass is 10.1. The van der Waals surface area contributed by atoms with E-state index in [0.29, 0.717) is 23.5 Å². The van der Waals surface area contributed by atoms with Crippen molar-refractivity contribution in [2.24, 2.45) is 0 Å². The van der Waals surface area contributed by atoms with Crippen LogP contribution in [0.25, 0.3) is 11.3 Å². The standard InChI is InChI=1S/C21H18ClF4N5OS/c1-11-3-2-4-31(11)10-16-18(12-5-13(21(24,25)26)7-14(23)6-12)29-20(33-16)30-19(32)15-8-28-17(22)9-27-15/h5-9,11H,2-4,10H2,1H3,(H,29,30,32)/t11-/m1/s1. The van der Waals surface area contributed by atoms with Gasteiger partial charge < -0.3 is 0 Å². The second-order valence-corrected chi connectivity index (χ2v) is 9.13. The monoisotopic (exact) mass is 499 g/mol. The first-order valence-corrected chi connectivity index (χ1v) is 11.2. The summed E-state index contributed by atoms with van der Waals surface area (Å²) in [7, 11) is 0. The van der Waals surface area contributed by atoms with Crippen molar-refractivity contribution < 1.29 is 22.4 Å². The summed E-state index contributed by atoms with van der Waals surface area (Å²) < 4.78 is 53.9. The van der Waals surface area contributed by atoms with E-state index in [1.54, 1.807) is 0 Å². The lowest BCUT2D eigenvalue weighted by Gasteiger charge is -2.20. The molecule has 1 saturated heterocycles. The van der Waals surface area contributed by atoms with E-state index in [1.165, 1.54) is 12.4 Å². The van der Waals surface area contributed by atoms with Crippen molar-refractivity contribution in [1.29, 1.82) is 0 Å². The number of aromatic nitrogens is 3. The largest absolute Gasteiger partial charge is 0.416 e. The van der Waals surface area contributed by atoms with Crippen LogP contribution in [0, 0.1) is 5.82 Å². The zero-order valence-corrected chi connectivity index (χ0v) is 18.9. The molecule has 1 aliphatic heterocycles. The number of carbonyl (C=O) groups excluding carboxylic acids is 1. The van der Waals surface area contributed by atoms with Gasteiger partial charge in [-0.05, 0) is 44.5 Å². The number of benzene rings is 1. The Morgan fingerprint density at radius 1 is 1.27 bits per heavy atom. The Bertz CT molecular complexity index is 1170. The van der Waals surface area contributed by atoms with E-state index < -0.39 is 23.5 Å². The highest BCUT2D eigenvalue weighted by Gasteiger charge is 2.32. The molecular formula is C21H18ClF4N5OS. The first-order chi connectivity index (χ1) is 15.6. The second kappa shape index (κ2) is 9.32. The molecule has 33 heavy (non-hydrogen) atoms. The highest BCUT2D eigenvalue weighted by atomic mass is 35.5. The highest BCUT2D eigenvalue weighted by Crippen LogP contribution is 2.37. The van der Waals surface area contributed by atoms with Gasteiger partial charge in [0, 0.05) is 23.0 Å².